The van der Waals surface area contributed by atoms with Crippen LogP contribution in [0.15, 0.2) is 18.3 Å². The van der Waals surface area contributed by atoms with Crippen LogP contribution in [0, 0.1) is 0 Å². The molecule has 2 aliphatic heterocycles. The molecule has 22 heavy (non-hydrogen) atoms. The van der Waals surface area contributed by atoms with Gasteiger partial charge in [-0.05, 0) is 38.0 Å². The maximum atomic E-state index is 12.6. The first kappa shape index (κ1) is 13.8. The zero-order valence-electron chi connectivity index (χ0n) is 12.8. The summed E-state index contributed by atoms with van der Waals surface area (Å²) in [5, 5.41) is 7.54. The molecule has 1 unspecified atom stereocenters. The molecule has 0 aromatic carbocycles. The molecule has 0 fully saturated rings. The van der Waals surface area contributed by atoms with E-state index in [9.17, 15) is 4.79 Å². The summed E-state index contributed by atoms with van der Waals surface area (Å²) in [5.74, 6) is 0.0452. The number of aromatic amines is 1. The first-order valence-electron chi connectivity index (χ1n) is 7.72. The number of hydrogen-bond acceptors (Lipinski definition) is 4. The van der Waals surface area contributed by atoms with Gasteiger partial charge in [-0.2, -0.15) is 0 Å². The van der Waals surface area contributed by atoms with Crippen molar-refractivity contribution >= 4 is 22.2 Å². The van der Waals surface area contributed by atoms with Gasteiger partial charge < -0.3 is 15.6 Å². The van der Waals surface area contributed by atoms with Crippen molar-refractivity contribution in [1.82, 2.24) is 15.2 Å². The molecule has 0 saturated carbocycles. The van der Waals surface area contributed by atoms with Gasteiger partial charge in [-0.1, -0.05) is 0 Å². The lowest BCUT2D eigenvalue weighted by Gasteiger charge is -2.30. The van der Waals surface area contributed by atoms with E-state index in [-0.39, 0.29) is 12.1 Å². The summed E-state index contributed by atoms with van der Waals surface area (Å²) in [6, 6.07) is 4.47. The number of carbonyl (C=O) groups is 1. The number of aromatic nitrogens is 1. The predicted octanol–water partition coefficient (Wildman–Crippen LogP) is 2.70. The van der Waals surface area contributed by atoms with Crippen molar-refractivity contribution < 1.29 is 4.79 Å². The number of nitrogens with one attached hydrogen (secondary N) is 3. The highest BCUT2D eigenvalue weighted by atomic mass is 32.1. The Morgan fingerprint density at radius 1 is 1.36 bits per heavy atom. The maximum Gasteiger partial charge on any atom is 0.256 e. The largest absolute Gasteiger partial charge is 0.362 e. The number of anilines is 1. The lowest BCUT2D eigenvalue weighted by atomic mass is 10.00. The van der Waals surface area contributed by atoms with Crippen LogP contribution in [0.4, 0.5) is 5.00 Å². The molecular formula is C16H20N4OS. The van der Waals surface area contributed by atoms with E-state index >= 15 is 0 Å². The van der Waals surface area contributed by atoms with Gasteiger partial charge in [0.25, 0.3) is 5.91 Å². The molecule has 1 amide bonds. The summed E-state index contributed by atoms with van der Waals surface area (Å²) in [6.07, 6.45) is 2.66. The van der Waals surface area contributed by atoms with Crippen molar-refractivity contribution in [2.45, 2.75) is 39.0 Å². The van der Waals surface area contributed by atoms with Gasteiger partial charge in [-0.3, -0.25) is 9.69 Å². The minimum absolute atomic E-state index is 0.0452. The van der Waals surface area contributed by atoms with E-state index in [2.05, 4.69) is 34.4 Å². The fourth-order valence-electron chi connectivity index (χ4n) is 3.26. The van der Waals surface area contributed by atoms with Crippen LogP contribution in [-0.2, 0) is 13.0 Å². The van der Waals surface area contributed by atoms with Crippen LogP contribution in [-0.4, -0.2) is 28.4 Å². The van der Waals surface area contributed by atoms with Crippen molar-refractivity contribution in [3.8, 4) is 0 Å². The highest BCUT2D eigenvalue weighted by Crippen LogP contribution is 2.40. The van der Waals surface area contributed by atoms with E-state index in [1.807, 2.05) is 18.3 Å². The molecule has 5 nitrogen and oxygen atoms in total. The van der Waals surface area contributed by atoms with E-state index in [4.69, 9.17) is 0 Å². The zero-order valence-corrected chi connectivity index (χ0v) is 13.6. The molecule has 0 bridgehead atoms. The van der Waals surface area contributed by atoms with E-state index < -0.39 is 0 Å². The Hall–Kier alpha value is -1.79. The van der Waals surface area contributed by atoms with Gasteiger partial charge in [-0.15, -0.1) is 11.3 Å². The number of carbonyl (C=O) groups excluding carboxylic acids is 1. The van der Waals surface area contributed by atoms with Crippen molar-refractivity contribution in [3.05, 3.63) is 40.0 Å². The SMILES string of the molecule is CC(C)N1CCc2c(sc3c2C(=O)NC(c2ccc[nH]2)N3)C1. The molecule has 0 radical (unpaired) electrons. The molecule has 1 atom stereocenters. The standard InChI is InChI=1S/C16H20N4OS/c1-9(2)20-7-5-10-12(8-20)22-16-13(10)15(21)18-14(19-16)11-4-3-6-17-11/h3-4,6,9,14,17,19H,5,7-8H2,1-2H3,(H,18,21). The van der Waals surface area contributed by atoms with Crippen LogP contribution in [0.1, 0.15) is 46.5 Å². The van der Waals surface area contributed by atoms with Crippen LogP contribution in [0.5, 0.6) is 0 Å². The molecule has 0 aliphatic carbocycles. The second kappa shape index (κ2) is 5.14. The van der Waals surface area contributed by atoms with Crippen molar-refractivity contribution in [1.29, 1.82) is 0 Å². The van der Waals surface area contributed by atoms with Crippen LogP contribution in [0.25, 0.3) is 0 Å². The van der Waals surface area contributed by atoms with Gasteiger partial charge in [0, 0.05) is 30.2 Å². The number of H-pyrrole nitrogens is 1. The molecule has 6 heteroatoms. The molecule has 116 valence electrons. The van der Waals surface area contributed by atoms with E-state index in [1.54, 1.807) is 11.3 Å². The minimum atomic E-state index is -0.170. The highest BCUT2D eigenvalue weighted by molar-refractivity contribution is 7.16. The van der Waals surface area contributed by atoms with Gasteiger partial charge in [-0.25, -0.2) is 0 Å². The number of hydrogen-bond donors (Lipinski definition) is 3. The van der Waals surface area contributed by atoms with Crippen molar-refractivity contribution in [2.75, 3.05) is 11.9 Å². The van der Waals surface area contributed by atoms with Gasteiger partial charge >= 0.3 is 0 Å². The molecule has 0 saturated heterocycles. The Morgan fingerprint density at radius 3 is 2.95 bits per heavy atom. The second-order valence-electron chi connectivity index (χ2n) is 6.20. The van der Waals surface area contributed by atoms with Gasteiger partial charge in [0.2, 0.25) is 0 Å². The maximum absolute atomic E-state index is 12.6. The lowest BCUT2D eigenvalue weighted by molar-refractivity contribution is 0.0933. The molecule has 2 aromatic rings. The molecule has 4 heterocycles. The number of amides is 1. The average molecular weight is 316 g/mol. The molecule has 2 aromatic heterocycles. The van der Waals surface area contributed by atoms with Crippen LogP contribution < -0.4 is 10.6 Å². The molecule has 2 aliphatic rings. The summed E-state index contributed by atoms with van der Waals surface area (Å²) in [5.41, 5.74) is 3.09. The third-order valence-electron chi connectivity index (χ3n) is 4.53. The molecule has 3 N–H and O–H groups in total. The van der Waals surface area contributed by atoms with Crippen molar-refractivity contribution in [3.63, 3.8) is 0 Å². The fourth-order valence-corrected chi connectivity index (χ4v) is 4.55. The predicted molar refractivity (Wildman–Crippen MR) is 88.2 cm³/mol. The van der Waals surface area contributed by atoms with Crippen LogP contribution in [0.2, 0.25) is 0 Å². The number of nitrogens with zero attached hydrogens (tertiary/aromatic N) is 1. The van der Waals surface area contributed by atoms with E-state index in [0.29, 0.717) is 6.04 Å². The van der Waals surface area contributed by atoms with E-state index in [0.717, 1.165) is 35.8 Å². The average Bonchev–Trinajstić information content (AvgIpc) is 3.13. The van der Waals surface area contributed by atoms with E-state index in [1.165, 1.54) is 10.4 Å². The minimum Gasteiger partial charge on any atom is -0.362 e. The first-order chi connectivity index (χ1) is 10.6. The topological polar surface area (TPSA) is 60.2 Å². The normalized spacial score (nSPS) is 21.2. The summed E-state index contributed by atoms with van der Waals surface area (Å²) >= 11 is 1.74. The quantitative estimate of drug-likeness (QED) is 0.798. The Morgan fingerprint density at radius 2 is 2.23 bits per heavy atom. The first-order valence-corrected chi connectivity index (χ1v) is 8.54. The summed E-state index contributed by atoms with van der Waals surface area (Å²) in [4.78, 5) is 19.5. The van der Waals surface area contributed by atoms with Crippen LogP contribution >= 0.6 is 11.3 Å². The second-order valence-corrected chi connectivity index (χ2v) is 7.30. The number of fused-ring (bicyclic) bond motifs is 3. The third-order valence-corrected chi connectivity index (χ3v) is 5.68. The van der Waals surface area contributed by atoms with Gasteiger partial charge in [0.1, 0.15) is 11.2 Å². The summed E-state index contributed by atoms with van der Waals surface area (Å²) in [6.45, 7) is 6.43. The third kappa shape index (κ3) is 2.14. The van der Waals surface area contributed by atoms with Crippen LogP contribution in [0.3, 0.4) is 0 Å². The Kier molecular flexibility index (Phi) is 3.23. The number of rotatable bonds is 2. The molecular weight excluding hydrogens is 296 g/mol. The van der Waals surface area contributed by atoms with Gasteiger partial charge in [0.05, 0.1) is 11.3 Å². The van der Waals surface area contributed by atoms with Crippen molar-refractivity contribution in [2.24, 2.45) is 0 Å². The summed E-state index contributed by atoms with van der Waals surface area (Å²) < 4.78 is 0. The van der Waals surface area contributed by atoms with Gasteiger partial charge in [0.15, 0.2) is 0 Å². The smallest absolute Gasteiger partial charge is 0.256 e. The number of thiophene rings is 1. The fraction of sp³-hybridized carbons (Fsp3) is 0.438. The Balaban J connectivity index is 1.67. The molecule has 0 spiro atoms. The lowest BCUT2D eigenvalue weighted by Crippen LogP contribution is -2.39. The summed E-state index contributed by atoms with van der Waals surface area (Å²) in [7, 11) is 0. The Labute approximate surface area is 133 Å². The highest BCUT2D eigenvalue weighted by Gasteiger charge is 2.33. The monoisotopic (exact) mass is 316 g/mol. The Bertz CT molecular complexity index is 704. The molecule has 4 rings (SSSR count). The zero-order chi connectivity index (χ0) is 15.3.